The molecule has 7 heteroatoms. The first kappa shape index (κ1) is 13.7. The molecule has 4 rings (SSSR count). The number of thiophene rings is 1. The molecule has 22 heavy (non-hydrogen) atoms. The van der Waals surface area contributed by atoms with Crippen LogP contribution in [-0.2, 0) is 0 Å². The fraction of sp³-hybridized carbons (Fsp3) is 0.400. The van der Waals surface area contributed by atoms with Crippen LogP contribution in [-0.4, -0.2) is 38.0 Å². The molecule has 0 spiro atoms. The third-order valence-corrected chi connectivity index (χ3v) is 4.93. The van der Waals surface area contributed by atoms with E-state index in [2.05, 4.69) is 40.2 Å². The lowest BCUT2D eigenvalue weighted by Gasteiger charge is -2.41. The van der Waals surface area contributed by atoms with Crippen molar-refractivity contribution in [3.05, 3.63) is 41.4 Å². The highest BCUT2D eigenvalue weighted by Crippen LogP contribution is 2.32. The Labute approximate surface area is 132 Å². The molecule has 1 aliphatic rings. The van der Waals surface area contributed by atoms with Crippen molar-refractivity contribution in [2.75, 3.05) is 13.1 Å². The Bertz CT molecular complexity index is 757. The summed E-state index contributed by atoms with van der Waals surface area (Å²) < 4.78 is 7.86. The molecular weight excluding hydrogens is 298 g/mol. The molecule has 0 aromatic carbocycles. The van der Waals surface area contributed by atoms with Gasteiger partial charge >= 0.3 is 0 Å². The van der Waals surface area contributed by atoms with Gasteiger partial charge in [0.05, 0.1) is 23.2 Å². The van der Waals surface area contributed by atoms with Gasteiger partial charge in [0, 0.05) is 19.3 Å². The summed E-state index contributed by atoms with van der Waals surface area (Å²) in [5.74, 6) is 1.29. The van der Waals surface area contributed by atoms with Gasteiger partial charge in [-0.25, -0.2) is 0 Å². The predicted octanol–water partition coefficient (Wildman–Crippen LogP) is 2.92. The lowest BCUT2D eigenvalue weighted by atomic mass is 10.1. The van der Waals surface area contributed by atoms with E-state index in [1.807, 2.05) is 28.4 Å². The van der Waals surface area contributed by atoms with E-state index in [4.69, 9.17) is 4.42 Å². The Morgan fingerprint density at radius 3 is 2.91 bits per heavy atom. The van der Waals surface area contributed by atoms with Gasteiger partial charge in [-0.15, -0.1) is 21.5 Å². The van der Waals surface area contributed by atoms with Gasteiger partial charge in [0.1, 0.15) is 0 Å². The second kappa shape index (κ2) is 5.33. The van der Waals surface area contributed by atoms with E-state index in [0.717, 1.165) is 18.0 Å². The molecule has 0 bridgehead atoms. The topological polar surface area (TPSA) is 60.0 Å². The SMILES string of the molecule is Cc1cnn(C2CN(C(C)c3nnc(-c4cccs4)o3)C2)c1. The van der Waals surface area contributed by atoms with Gasteiger partial charge in [-0.05, 0) is 30.9 Å². The van der Waals surface area contributed by atoms with E-state index in [0.29, 0.717) is 17.8 Å². The van der Waals surface area contributed by atoms with Crippen LogP contribution in [0.3, 0.4) is 0 Å². The summed E-state index contributed by atoms with van der Waals surface area (Å²) >= 11 is 1.61. The Hall–Kier alpha value is -1.99. The van der Waals surface area contributed by atoms with Crippen LogP contribution in [0.2, 0.25) is 0 Å². The third-order valence-electron chi connectivity index (χ3n) is 4.07. The largest absolute Gasteiger partial charge is 0.418 e. The molecule has 0 amide bonds. The number of hydrogen-bond acceptors (Lipinski definition) is 6. The lowest BCUT2D eigenvalue weighted by molar-refractivity contribution is 0.0484. The number of aromatic nitrogens is 4. The summed E-state index contributed by atoms with van der Waals surface area (Å²) in [4.78, 5) is 3.34. The molecule has 0 N–H and O–H groups in total. The fourth-order valence-electron chi connectivity index (χ4n) is 2.66. The highest BCUT2D eigenvalue weighted by molar-refractivity contribution is 7.13. The molecule has 1 unspecified atom stereocenters. The maximum Gasteiger partial charge on any atom is 0.257 e. The summed E-state index contributed by atoms with van der Waals surface area (Å²) in [6.45, 7) is 6.08. The van der Waals surface area contributed by atoms with E-state index in [1.165, 1.54) is 5.56 Å². The molecule has 6 nitrogen and oxygen atoms in total. The lowest BCUT2D eigenvalue weighted by Crippen LogP contribution is -2.48. The van der Waals surface area contributed by atoms with Crippen molar-refractivity contribution in [3.8, 4) is 10.8 Å². The number of nitrogens with zero attached hydrogens (tertiary/aromatic N) is 5. The molecule has 1 atom stereocenters. The molecule has 114 valence electrons. The average molecular weight is 315 g/mol. The van der Waals surface area contributed by atoms with Gasteiger partial charge in [0.25, 0.3) is 5.89 Å². The van der Waals surface area contributed by atoms with Crippen LogP contribution in [0.15, 0.2) is 34.3 Å². The first-order chi connectivity index (χ1) is 10.7. The van der Waals surface area contributed by atoms with Crippen LogP contribution in [0.5, 0.6) is 0 Å². The molecule has 0 radical (unpaired) electrons. The molecule has 3 aromatic heterocycles. The maximum atomic E-state index is 5.82. The number of hydrogen-bond donors (Lipinski definition) is 0. The summed E-state index contributed by atoms with van der Waals surface area (Å²) in [6.07, 6.45) is 3.99. The first-order valence-corrected chi connectivity index (χ1v) is 8.21. The van der Waals surface area contributed by atoms with E-state index in [-0.39, 0.29) is 6.04 Å². The van der Waals surface area contributed by atoms with Crippen molar-refractivity contribution in [3.63, 3.8) is 0 Å². The van der Waals surface area contributed by atoms with Crippen molar-refractivity contribution >= 4 is 11.3 Å². The number of rotatable bonds is 4. The second-order valence-electron chi connectivity index (χ2n) is 5.70. The standard InChI is InChI=1S/C15H17N5OS/c1-10-6-16-20(7-10)12-8-19(9-12)11(2)14-17-18-15(21-14)13-4-3-5-22-13/h3-7,11-12H,8-9H2,1-2H3. The zero-order valence-electron chi connectivity index (χ0n) is 12.5. The zero-order valence-corrected chi connectivity index (χ0v) is 13.3. The molecule has 0 aliphatic carbocycles. The molecule has 3 aromatic rings. The van der Waals surface area contributed by atoms with Crippen molar-refractivity contribution in [2.45, 2.75) is 25.9 Å². The van der Waals surface area contributed by atoms with Crippen molar-refractivity contribution in [1.82, 2.24) is 24.9 Å². The van der Waals surface area contributed by atoms with Gasteiger partial charge in [-0.1, -0.05) is 6.07 Å². The fourth-order valence-corrected chi connectivity index (χ4v) is 3.31. The molecule has 1 saturated heterocycles. The monoisotopic (exact) mass is 315 g/mol. The Kier molecular flexibility index (Phi) is 3.31. The van der Waals surface area contributed by atoms with E-state index >= 15 is 0 Å². The normalized spacial score (nSPS) is 17.5. The van der Waals surface area contributed by atoms with Crippen LogP contribution < -0.4 is 0 Å². The average Bonchev–Trinajstić information content (AvgIpc) is 3.17. The van der Waals surface area contributed by atoms with Crippen molar-refractivity contribution in [1.29, 1.82) is 0 Å². The van der Waals surface area contributed by atoms with Crippen LogP contribution in [0, 0.1) is 6.92 Å². The van der Waals surface area contributed by atoms with Crippen molar-refractivity contribution < 1.29 is 4.42 Å². The van der Waals surface area contributed by atoms with Gasteiger partial charge in [0.15, 0.2) is 0 Å². The van der Waals surface area contributed by atoms with E-state index in [1.54, 1.807) is 11.3 Å². The van der Waals surface area contributed by atoms with Gasteiger partial charge in [0.2, 0.25) is 5.89 Å². The van der Waals surface area contributed by atoms with E-state index < -0.39 is 0 Å². The Balaban J connectivity index is 1.42. The highest BCUT2D eigenvalue weighted by Gasteiger charge is 2.34. The van der Waals surface area contributed by atoms with Crippen molar-refractivity contribution in [2.24, 2.45) is 0 Å². The van der Waals surface area contributed by atoms with Gasteiger partial charge < -0.3 is 4.42 Å². The quantitative estimate of drug-likeness (QED) is 0.741. The number of likely N-dealkylation sites (tertiary alicyclic amines) is 1. The zero-order chi connectivity index (χ0) is 15.1. The molecule has 1 fully saturated rings. The van der Waals surface area contributed by atoms with Gasteiger partial charge in [-0.2, -0.15) is 5.10 Å². The molecular formula is C15H17N5OS. The minimum absolute atomic E-state index is 0.133. The van der Waals surface area contributed by atoms with Crippen LogP contribution in [0.1, 0.15) is 30.5 Å². The summed E-state index contributed by atoms with van der Waals surface area (Å²) in [6, 6.07) is 4.55. The van der Waals surface area contributed by atoms with Crippen LogP contribution in [0.25, 0.3) is 10.8 Å². The van der Waals surface area contributed by atoms with E-state index in [9.17, 15) is 0 Å². The molecule has 4 heterocycles. The first-order valence-electron chi connectivity index (χ1n) is 7.33. The second-order valence-corrected chi connectivity index (χ2v) is 6.65. The molecule has 0 saturated carbocycles. The Morgan fingerprint density at radius 1 is 1.36 bits per heavy atom. The minimum Gasteiger partial charge on any atom is -0.418 e. The number of aryl methyl sites for hydroxylation is 1. The third kappa shape index (κ3) is 2.36. The minimum atomic E-state index is 0.133. The summed E-state index contributed by atoms with van der Waals surface area (Å²) in [5, 5.41) is 14.7. The Morgan fingerprint density at radius 2 is 2.23 bits per heavy atom. The highest BCUT2D eigenvalue weighted by atomic mass is 32.1. The van der Waals surface area contributed by atoms with Gasteiger partial charge in [-0.3, -0.25) is 9.58 Å². The van der Waals surface area contributed by atoms with Crippen LogP contribution >= 0.6 is 11.3 Å². The molecule has 1 aliphatic heterocycles. The smallest absolute Gasteiger partial charge is 0.257 e. The maximum absolute atomic E-state index is 5.82. The summed E-state index contributed by atoms with van der Waals surface area (Å²) in [5.41, 5.74) is 1.20. The predicted molar refractivity (Wildman–Crippen MR) is 83.6 cm³/mol. The van der Waals surface area contributed by atoms with Crippen LogP contribution in [0.4, 0.5) is 0 Å². The summed E-state index contributed by atoms with van der Waals surface area (Å²) in [7, 11) is 0.